The number of benzene rings is 1. The van der Waals surface area contributed by atoms with Gasteiger partial charge in [0.05, 0.1) is 5.56 Å². The molecular formula is C9H9BrN2O. The molecule has 0 aliphatic rings. The molecule has 4 heteroatoms. The summed E-state index contributed by atoms with van der Waals surface area (Å²) in [6.07, 6.45) is 0. The highest BCUT2D eigenvalue weighted by atomic mass is 79.9. The van der Waals surface area contributed by atoms with Gasteiger partial charge in [-0.3, -0.25) is 0 Å². The summed E-state index contributed by atoms with van der Waals surface area (Å²) in [7, 11) is 0. The van der Waals surface area contributed by atoms with Crippen LogP contribution in [0.3, 0.4) is 0 Å². The van der Waals surface area contributed by atoms with Crippen molar-refractivity contribution >= 4 is 15.9 Å². The molecule has 2 N–H and O–H groups in total. The van der Waals surface area contributed by atoms with Gasteiger partial charge < -0.3 is 10.5 Å². The van der Waals surface area contributed by atoms with Crippen LogP contribution in [-0.2, 0) is 0 Å². The third-order valence-electron chi connectivity index (χ3n) is 1.44. The summed E-state index contributed by atoms with van der Waals surface area (Å²) >= 11 is 3.26. The van der Waals surface area contributed by atoms with Crippen LogP contribution in [0.15, 0.2) is 22.7 Å². The zero-order chi connectivity index (χ0) is 9.68. The fourth-order valence-electron chi connectivity index (χ4n) is 0.857. The van der Waals surface area contributed by atoms with Crippen molar-refractivity contribution in [1.82, 2.24) is 0 Å². The van der Waals surface area contributed by atoms with E-state index in [1.165, 1.54) is 0 Å². The minimum absolute atomic E-state index is 0.465. The Bertz CT molecular complexity index is 333. The van der Waals surface area contributed by atoms with E-state index in [-0.39, 0.29) is 0 Å². The molecule has 1 rings (SSSR count). The maximum absolute atomic E-state index is 8.71. The van der Waals surface area contributed by atoms with E-state index in [1.54, 1.807) is 18.2 Å². The number of nitriles is 1. The van der Waals surface area contributed by atoms with Gasteiger partial charge in [0.1, 0.15) is 18.4 Å². The summed E-state index contributed by atoms with van der Waals surface area (Å²) in [4.78, 5) is 0. The van der Waals surface area contributed by atoms with Crippen LogP contribution < -0.4 is 10.5 Å². The normalized spacial score (nSPS) is 9.31. The molecule has 1 aromatic carbocycles. The molecule has 0 aliphatic heterocycles. The Balaban J connectivity index is 2.82. The Labute approximate surface area is 85.2 Å². The number of hydrogen-bond acceptors (Lipinski definition) is 3. The Kier molecular flexibility index (Phi) is 3.74. The summed E-state index contributed by atoms with van der Waals surface area (Å²) in [5.74, 6) is 0.671. The van der Waals surface area contributed by atoms with E-state index < -0.39 is 0 Å². The third kappa shape index (κ3) is 2.72. The second-order valence-electron chi connectivity index (χ2n) is 2.39. The summed E-state index contributed by atoms with van der Waals surface area (Å²) < 4.78 is 6.03. The number of ether oxygens (including phenoxy) is 1. The molecule has 1 aromatic rings. The van der Waals surface area contributed by atoms with Gasteiger partial charge in [0.15, 0.2) is 0 Å². The molecule has 0 aliphatic carbocycles. The Morgan fingerprint density at radius 3 is 2.92 bits per heavy atom. The average Bonchev–Trinajstić information content (AvgIpc) is 2.16. The van der Waals surface area contributed by atoms with E-state index in [4.69, 9.17) is 15.7 Å². The Morgan fingerprint density at radius 1 is 1.54 bits per heavy atom. The number of halogens is 1. The smallest absolute Gasteiger partial charge is 0.120 e. The molecule has 13 heavy (non-hydrogen) atoms. The molecule has 0 saturated carbocycles. The monoisotopic (exact) mass is 240 g/mol. The highest BCUT2D eigenvalue weighted by Gasteiger charge is 2.00. The first-order valence-corrected chi connectivity index (χ1v) is 4.59. The second-order valence-corrected chi connectivity index (χ2v) is 3.24. The number of nitrogens with zero attached hydrogens (tertiary/aromatic N) is 1. The van der Waals surface area contributed by atoms with Gasteiger partial charge in [-0.15, -0.1) is 0 Å². The van der Waals surface area contributed by atoms with Crippen LogP contribution in [0.2, 0.25) is 0 Å². The summed E-state index contributed by atoms with van der Waals surface area (Å²) in [6.45, 7) is 0.935. The van der Waals surface area contributed by atoms with Crippen molar-refractivity contribution in [3.05, 3.63) is 28.2 Å². The standard InChI is InChI=1S/C9H9BrN2O/c10-9-2-1-8(13-4-3-11)5-7(9)6-12/h1-2,5H,3-4,11H2. The molecule has 3 nitrogen and oxygen atoms in total. The number of nitrogens with two attached hydrogens (primary N) is 1. The van der Waals surface area contributed by atoms with Crippen LogP contribution >= 0.6 is 15.9 Å². The van der Waals surface area contributed by atoms with E-state index in [1.807, 2.05) is 0 Å². The predicted molar refractivity (Wildman–Crippen MR) is 53.4 cm³/mol. The van der Waals surface area contributed by atoms with Gasteiger partial charge in [0.25, 0.3) is 0 Å². The fraction of sp³-hybridized carbons (Fsp3) is 0.222. The largest absolute Gasteiger partial charge is 0.492 e. The van der Waals surface area contributed by atoms with Crippen molar-refractivity contribution in [2.45, 2.75) is 0 Å². The summed E-state index contributed by atoms with van der Waals surface area (Å²) in [6, 6.07) is 7.31. The summed E-state index contributed by atoms with van der Waals surface area (Å²) in [5.41, 5.74) is 5.84. The molecule has 0 heterocycles. The molecule has 0 aromatic heterocycles. The van der Waals surface area contributed by atoms with E-state index in [9.17, 15) is 0 Å². The molecule has 0 saturated heterocycles. The van der Waals surface area contributed by atoms with E-state index >= 15 is 0 Å². The lowest BCUT2D eigenvalue weighted by molar-refractivity contribution is 0.328. The molecule has 0 radical (unpaired) electrons. The van der Waals surface area contributed by atoms with Gasteiger partial charge in [0, 0.05) is 11.0 Å². The fourth-order valence-corrected chi connectivity index (χ4v) is 1.19. The lowest BCUT2D eigenvalue weighted by atomic mass is 10.2. The van der Waals surface area contributed by atoms with Gasteiger partial charge in [0.2, 0.25) is 0 Å². The van der Waals surface area contributed by atoms with E-state index in [0.29, 0.717) is 24.5 Å². The first kappa shape index (κ1) is 10.0. The highest BCUT2D eigenvalue weighted by molar-refractivity contribution is 9.10. The number of rotatable bonds is 3. The average molecular weight is 241 g/mol. The lowest BCUT2D eigenvalue weighted by Gasteiger charge is -2.04. The van der Waals surface area contributed by atoms with Gasteiger partial charge >= 0.3 is 0 Å². The first-order chi connectivity index (χ1) is 6.27. The summed E-state index contributed by atoms with van der Waals surface area (Å²) in [5, 5.41) is 8.71. The highest BCUT2D eigenvalue weighted by Crippen LogP contribution is 2.21. The van der Waals surface area contributed by atoms with Gasteiger partial charge in [-0.05, 0) is 34.1 Å². The molecule has 0 atom stereocenters. The minimum Gasteiger partial charge on any atom is -0.492 e. The minimum atomic E-state index is 0.465. The van der Waals surface area contributed by atoms with Crippen molar-refractivity contribution in [3.63, 3.8) is 0 Å². The zero-order valence-electron chi connectivity index (χ0n) is 6.96. The quantitative estimate of drug-likeness (QED) is 0.875. The molecule has 0 unspecified atom stereocenters. The molecule has 0 amide bonds. The lowest BCUT2D eigenvalue weighted by Crippen LogP contribution is -2.10. The maximum Gasteiger partial charge on any atom is 0.120 e. The Morgan fingerprint density at radius 2 is 2.31 bits per heavy atom. The van der Waals surface area contributed by atoms with Crippen LogP contribution in [0.25, 0.3) is 0 Å². The van der Waals surface area contributed by atoms with Crippen molar-refractivity contribution in [2.75, 3.05) is 13.2 Å². The maximum atomic E-state index is 8.71. The second kappa shape index (κ2) is 4.85. The molecular weight excluding hydrogens is 232 g/mol. The van der Waals surface area contributed by atoms with Gasteiger partial charge in [-0.25, -0.2) is 0 Å². The number of hydrogen-bond donors (Lipinski definition) is 1. The predicted octanol–water partition coefficient (Wildman–Crippen LogP) is 1.66. The van der Waals surface area contributed by atoms with E-state index in [0.717, 1.165) is 4.47 Å². The van der Waals surface area contributed by atoms with Crippen molar-refractivity contribution in [2.24, 2.45) is 5.73 Å². The first-order valence-electron chi connectivity index (χ1n) is 3.80. The molecule has 0 fully saturated rings. The Hall–Kier alpha value is -1.05. The topological polar surface area (TPSA) is 59.0 Å². The van der Waals surface area contributed by atoms with Crippen LogP contribution in [0.5, 0.6) is 5.75 Å². The van der Waals surface area contributed by atoms with Crippen molar-refractivity contribution in [1.29, 1.82) is 5.26 Å². The zero-order valence-corrected chi connectivity index (χ0v) is 8.54. The van der Waals surface area contributed by atoms with E-state index in [2.05, 4.69) is 22.0 Å². The molecule has 68 valence electrons. The van der Waals surface area contributed by atoms with Gasteiger partial charge in [-0.1, -0.05) is 0 Å². The van der Waals surface area contributed by atoms with Crippen LogP contribution in [0, 0.1) is 11.3 Å². The molecule has 0 spiro atoms. The van der Waals surface area contributed by atoms with Crippen LogP contribution in [0.4, 0.5) is 0 Å². The SMILES string of the molecule is N#Cc1cc(OCCN)ccc1Br. The third-order valence-corrected chi connectivity index (χ3v) is 2.14. The molecule has 0 bridgehead atoms. The van der Waals surface area contributed by atoms with Crippen molar-refractivity contribution < 1.29 is 4.74 Å². The van der Waals surface area contributed by atoms with Gasteiger partial charge in [-0.2, -0.15) is 5.26 Å². The van der Waals surface area contributed by atoms with Crippen LogP contribution in [-0.4, -0.2) is 13.2 Å². The van der Waals surface area contributed by atoms with Crippen molar-refractivity contribution in [3.8, 4) is 11.8 Å². The van der Waals surface area contributed by atoms with Crippen LogP contribution in [0.1, 0.15) is 5.56 Å².